The maximum Gasteiger partial charge on any atom is 0.472 e. The molecule has 0 aromatic carbocycles. The van der Waals surface area contributed by atoms with Crippen molar-refractivity contribution in [2.24, 2.45) is 0 Å². The van der Waals surface area contributed by atoms with Crippen LogP contribution in [0.25, 0.3) is 0 Å². The van der Waals surface area contributed by atoms with Crippen LogP contribution in [0.4, 0.5) is 0 Å². The van der Waals surface area contributed by atoms with Crippen molar-refractivity contribution in [1.82, 2.24) is 0 Å². The summed E-state index contributed by atoms with van der Waals surface area (Å²) in [6.45, 7) is 2.63. The number of esters is 3. The second-order valence-corrected chi connectivity index (χ2v) is 33.3. The fourth-order valence-electron chi connectivity index (χ4n) is 12.5. The molecule has 0 saturated heterocycles. The van der Waals surface area contributed by atoms with Crippen LogP contribution in [0.2, 0.25) is 0 Å². The predicted molar refractivity (Wildman–Crippen MR) is 464 cm³/mol. The van der Waals surface area contributed by atoms with E-state index in [1.165, 1.54) is 231 Å². The number of rotatable bonds is 86. The Bertz CT molecular complexity index is 2450. The van der Waals surface area contributed by atoms with E-state index >= 15 is 0 Å². The van der Waals surface area contributed by atoms with Crippen LogP contribution in [0.15, 0.2) is 109 Å². The first kappa shape index (κ1) is 107. The van der Waals surface area contributed by atoms with Gasteiger partial charge in [-0.2, -0.15) is 0 Å². The third kappa shape index (κ3) is 86.9. The Balaban J connectivity index is 4.33. The zero-order valence-corrected chi connectivity index (χ0v) is 72.7. The largest absolute Gasteiger partial charge is 0.472 e. The molecule has 0 aromatic heterocycles. The van der Waals surface area contributed by atoms with E-state index in [1.807, 2.05) is 0 Å². The molecule has 0 saturated carbocycles. The van der Waals surface area contributed by atoms with Crippen molar-refractivity contribution < 1.29 is 75.8 Å². The molecule has 0 bridgehead atoms. The van der Waals surface area contributed by atoms with Gasteiger partial charge in [0, 0.05) is 19.3 Å². The highest BCUT2D eigenvalue weighted by Gasteiger charge is 2.29. The summed E-state index contributed by atoms with van der Waals surface area (Å²) in [5, 5.41) is 20.7. The molecule has 0 aromatic rings. The van der Waals surface area contributed by atoms with Crippen molar-refractivity contribution in [3.05, 3.63) is 109 Å². The van der Waals surface area contributed by atoms with Gasteiger partial charge >= 0.3 is 33.6 Å². The van der Waals surface area contributed by atoms with Crippen molar-refractivity contribution in [3.63, 3.8) is 0 Å². The summed E-state index contributed by atoms with van der Waals surface area (Å²) < 4.78 is 61.3. The van der Waals surface area contributed by atoms with Crippen LogP contribution in [0.3, 0.4) is 0 Å². The standard InChI is InChI=1S/C93H166O16P2/c1-4-7-10-13-16-19-22-24-26-28-30-32-34-36-38-40-42-43-45-47-48-50-52-54-56-58-60-62-65-67-70-73-76-79-91(96)103-82-88(94)83-105-110(99,100)106-84-89(95)85-107-111(101,102)108-87-90(109-93(98)81-78-75-72-69-64-21-18-15-12-9-6-3)86-104-92(97)80-77-74-71-68-66-63-61-59-57-55-53-51-49-46-44-41-39-37-35-33-31-29-27-25-23-20-17-14-11-8-5-2/h15-20,24-27,30-33,36-39,88-90,94-95H,4-14,21-23,28-29,34-35,40-87H2,1-3H3,(H,99,100)(H,101,102)/b18-15-,19-16-,20-17-,26-24-,27-25-,32-30-,33-31-,38-36-,39-37-. The minimum atomic E-state index is -4.93. The van der Waals surface area contributed by atoms with Crippen molar-refractivity contribution in [2.75, 3.05) is 39.6 Å². The van der Waals surface area contributed by atoms with Gasteiger partial charge in [-0.05, 0) is 128 Å². The third-order valence-electron chi connectivity index (χ3n) is 19.4. The zero-order valence-electron chi connectivity index (χ0n) is 70.9. The Hall–Kier alpha value is -3.79. The molecule has 5 atom stereocenters. The van der Waals surface area contributed by atoms with E-state index in [2.05, 4.69) is 130 Å². The summed E-state index contributed by atoms with van der Waals surface area (Å²) in [4.78, 5) is 58.7. The zero-order chi connectivity index (χ0) is 80.8. The van der Waals surface area contributed by atoms with E-state index in [0.717, 1.165) is 116 Å². The number of aliphatic hydroxyl groups excluding tert-OH is 2. The molecule has 0 spiro atoms. The topological polar surface area (TPSA) is 231 Å². The number of carbonyl (C=O) groups excluding carboxylic acids is 3. The number of aliphatic hydroxyl groups is 2. The molecular formula is C93H166O16P2. The molecule has 0 radical (unpaired) electrons. The van der Waals surface area contributed by atoms with Gasteiger partial charge in [0.15, 0.2) is 6.10 Å². The second kappa shape index (κ2) is 85.6. The summed E-state index contributed by atoms with van der Waals surface area (Å²) in [7, 11) is -9.79. The molecule has 0 amide bonds. The quantitative estimate of drug-likeness (QED) is 0.0146. The van der Waals surface area contributed by atoms with Crippen molar-refractivity contribution in [1.29, 1.82) is 0 Å². The van der Waals surface area contributed by atoms with Gasteiger partial charge in [0.2, 0.25) is 0 Å². The molecule has 0 fully saturated rings. The fourth-order valence-corrected chi connectivity index (χ4v) is 14.1. The molecule has 0 aliphatic heterocycles. The smallest absolute Gasteiger partial charge is 0.463 e. The predicted octanol–water partition coefficient (Wildman–Crippen LogP) is 27.4. The molecule has 16 nitrogen and oxygen atoms in total. The molecular weight excluding hydrogens is 1430 g/mol. The van der Waals surface area contributed by atoms with Crippen LogP contribution < -0.4 is 0 Å². The van der Waals surface area contributed by atoms with E-state index in [-0.39, 0.29) is 19.3 Å². The van der Waals surface area contributed by atoms with Gasteiger partial charge in [-0.3, -0.25) is 32.5 Å². The fraction of sp³-hybridized carbons (Fsp3) is 0.774. The van der Waals surface area contributed by atoms with Crippen LogP contribution in [0, 0.1) is 0 Å². The average Bonchev–Trinajstić information content (AvgIpc) is 0.898. The van der Waals surface area contributed by atoms with Crippen molar-refractivity contribution in [3.8, 4) is 0 Å². The summed E-state index contributed by atoms with van der Waals surface area (Å²) in [6.07, 6.45) is 103. The second-order valence-electron chi connectivity index (χ2n) is 30.4. The molecule has 5 unspecified atom stereocenters. The molecule has 0 rings (SSSR count). The van der Waals surface area contributed by atoms with E-state index in [9.17, 15) is 43.5 Å². The summed E-state index contributed by atoms with van der Waals surface area (Å²) in [5.74, 6) is -1.57. The third-order valence-corrected chi connectivity index (χ3v) is 21.3. The van der Waals surface area contributed by atoms with E-state index in [1.54, 1.807) is 0 Å². The van der Waals surface area contributed by atoms with Gasteiger partial charge in [0.1, 0.15) is 25.4 Å². The lowest BCUT2D eigenvalue weighted by Gasteiger charge is -2.21. The first-order valence-corrected chi connectivity index (χ1v) is 48.2. The van der Waals surface area contributed by atoms with E-state index in [0.29, 0.717) is 19.3 Å². The maximum absolute atomic E-state index is 12.9. The average molecular weight is 1600 g/mol. The van der Waals surface area contributed by atoms with E-state index in [4.69, 9.17) is 32.3 Å². The minimum absolute atomic E-state index is 0.0957. The highest BCUT2D eigenvalue weighted by molar-refractivity contribution is 7.47. The first-order chi connectivity index (χ1) is 54.2. The molecule has 0 heterocycles. The lowest BCUT2D eigenvalue weighted by Crippen LogP contribution is -2.30. The maximum atomic E-state index is 12.9. The Morgan fingerprint density at radius 1 is 0.252 bits per heavy atom. The molecule has 111 heavy (non-hydrogen) atoms. The molecule has 644 valence electrons. The van der Waals surface area contributed by atoms with Gasteiger partial charge < -0.3 is 34.2 Å². The van der Waals surface area contributed by atoms with E-state index < -0.39 is 91.5 Å². The summed E-state index contributed by atoms with van der Waals surface area (Å²) >= 11 is 0. The normalized spacial score (nSPS) is 14.3. The van der Waals surface area contributed by atoms with Gasteiger partial charge in [0.25, 0.3) is 0 Å². The summed E-state index contributed by atoms with van der Waals surface area (Å²) in [6, 6.07) is 0. The number of allylic oxidation sites excluding steroid dienone is 18. The molecule has 0 aliphatic rings. The SMILES string of the molecule is CCCC/C=C\CCCCCCCC(=O)OC(COC(=O)CCCCCCCCCCCCCCCCC/C=C\C/C=C\C/C=C\C/C=C\CCCCC)COP(=O)(O)OCC(O)COP(=O)(O)OCC(O)COC(=O)CCCCCCCCCCCCCCCCCCC/C=C\C/C=C\C/C=C\C/C=C\CCCCC. The van der Waals surface area contributed by atoms with Crippen molar-refractivity contribution >= 4 is 33.6 Å². The van der Waals surface area contributed by atoms with Gasteiger partial charge in [-0.25, -0.2) is 9.13 Å². The lowest BCUT2D eigenvalue weighted by molar-refractivity contribution is -0.161. The van der Waals surface area contributed by atoms with Gasteiger partial charge in [0.05, 0.1) is 26.4 Å². The molecule has 0 aliphatic carbocycles. The monoisotopic (exact) mass is 1600 g/mol. The number of hydrogen-bond acceptors (Lipinski definition) is 14. The number of hydrogen-bond donors (Lipinski definition) is 4. The van der Waals surface area contributed by atoms with Crippen LogP contribution in [-0.4, -0.2) is 95.9 Å². The lowest BCUT2D eigenvalue weighted by atomic mass is 10.0. The number of carbonyl (C=O) groups is 3. The highest BCUT2D eigenvalue weighted by atomic mass is 31.2. The van der Waals surface area contributed by atoms with Crippen molar-refractivity contribution in [2.45, 2.75) is 424 Å². The van der Waals surface area contributed by atoms with Crippen LogP contribution in [-0.2, 0) is 55.8 Å². The molecule has 18 heteroatoms. The van der Waals surface area contributed by atoms with Crippen LogP contribution in [0.1, 0.15) is 406 Å². The Kier molecular flexibility index (Phi) is 82.7. The molecule has 4 N–H and O–H groups in total. The van der Waals surface area contributed by atoms with Gasteiger partial charge in [-0.1, -0.05) is 368 Å². The Morgan fingerprint density at radius 2 is 0.459 bits per heavy atom. The van der Waals surface area contributed by atoms with Gasteiger partial charge in [-0.15, -0.1) is 0 Å². The Morgan fingerprint density at radius 3 is 0.748 bits per heavy atom. The highest BCUT2D eigenvalue weighted by Crippen LogP contribution is 2.45. The van der Waals surface area contributed by atoms with Crippen LogP contribution >= 0.6 is 15.6 Å². The number of phosphoric acid groups is 2. The first-order valence-electron chi connectivity index (χ1n) is 45.2. The van der Waals surface area contributed by atoms with Crippen LogP contribution in [0.5, 0.6) is 0 Å². The number of unbranched alkanes of at least 4 members (excludes halogenated alkanes) is 45. The Labute approximate surface area is 679 Å². The summed E-state index contributed by atoms with van der Waals surface area (Å²) in [5.41, 5.74) is 0. The number of phosphoric ester groups is 2. The number of ether oxygens (including phenoxy) is 3. The minimum Gasteiger partial charge on any atom is -0.463 e.